The number of nitrogen functional groups attached to an aromatic ring is 1. The summed E-state index contributed by atoms with van der Waals surface area (Å²) < 4.78 is 15.2. The minimum atomic E-state index is -0.303. The van der Waals surface area contributed by atoms with Crippen molar-refractivity contribution in [2.45, 2.75) is 38.6 Å². The molecule has 1 aliphatic carbocycles. The summed E-state index contributed by atoms with van der Waals surface area (Å²) in [5.41, 5.74) is 11.5. The number of carbonyl (C=O) groups is 1. The predicted molar refractivity (Wildman–Crippen MR) is 128 cm³/mol. The van der Waals surface area contributed by atoms with Gasteiger partial charge in [-0.3, -0.25) is 4.79 Å². The van der Waals surface area contributed by atoms with Crippen molar-refractivity contribution in [2.75, 3.05) is 12.3 Å². The molecule has 1 amide bonds. The highest BCUT2D eigenvalue weighted by Crippen LogP contribution is 2.29. The van der Waals surface area contributed by atoms with Crippen LogP contribution >= 0.6 is 0 Å². The summed E-state index contributed by atoms with van der Waals surface area (Å²) in [4.78, 5) is 22.7. The van der Waals surface area contributed by atoms with E-state index in [0.29, 0.717) is 41.2 Å². The van der Waals surface area contributed by atoms with Gasteiger partial charge < -0.3 is 15.6 Å². The first-order valence-corrected chi connectivity index (χ1v) is 11.3. The van der Waals surface area contributed by atoms with Crippen molar-refractivity contribution in [3.05, 3.63) is 77.1 Å². The molecule has 168 valence electrons. The third kappa shape index (κ3) is 4.31. The number of carbonyl (C=O) groups excluding carboxylic acids is 1. The fourth-order valence-corrected chi connectivity index (χ4v) is 4.43. The third-order valence-corrected chi connectivity index (χ3v) is 6.19. The number of halogens is 1. The van der Waals surface area contributed by atoms with Gasteiger partial charge in [0.2, 0.25) is 0 Å². The SMILES string of the molecule is Nc1c(C(=O)NCCC2=CCCCC2)c2nc3ccccc3nc2n1Cc1ccc(F)cc1. The molecule has 0 saturated carbocycles. The molecule has 1 aliphatic rings. The predicted octanol–water partition coefficient (Wildman–Crippen LogP) is 4.97. The lowest BCUT2D eigenvalue weighted by Gasteiger charge is -2.13. The summed E-state index contributed by atoms with van der Waals surface area (Å²) in [6.07, 6.45) is 7.81. The first-order chi connectivity index (χ1) is 16.1. The van der Waals surface area contributed by atoms with Crippen LogP contribution in [0.2, 0.25) is 0 Å². The molecule has 6 nitrogen and oxygen atoms in total. The third-order valence-electron chi connectivity index (χ3n) is 6.19. The van der Waals surface area contributed by atoms with Gasteiger partial charge in [-0.2, -0.15) is 0 Å². The number of hydrogen-bond donors (Lipinski definition) is 2. The summed E-state index contributed by atoms with van der Waals surface area (Å²) in [6, 6.07) is 13.8. The zero-order chi connectivity index (χ0) is 22.8. The fraction of sp³-hybridized carbons (Fsp3) is 0.269. The van der Waals surface area contributed by atoms with Gasteiger partial charge in [0.05, 0.1) is 17.6 Å². The Morgan fingerprint density at radius 1 is 1.06 bits per heavy atom. The monoisotopic (exact) mass is 443 g/mol. The van der Waals surface area contributed by atoms with Gasteiger partial charge in [0, 0.05) is 6.54 Å². The van der Waals surface area contributed by atoms with Gasteiger partial charge in [-0.1, -0.05) is 35.9 Å². The molecular weight excluding hydrogens is 417 g/mol. The zero-order valence-corrected chi connectivity index (χ0v) is 18.4. The molecule has 4 aromatic rings. The average Bonchev–Trinajstić information content (AvgIpc) is 3.10. The van der Waals surface area contributed by atoms with Gasteiger partial charge in [0.15, 0.2) is 5.65 Å². The number of fused-ring (bicyclic) bond motifs is 2. The van der Waals surface area contributed by atoms with Crippen molar-refractivity contribution in [3.63, 3.8) is 0 Å². The normalized spacial score (nSPS) is 13.9. The number of hydrogen-bond acceptors (Lipinski definition) is 4. The summed E-state index contributed by atoms with van der Waals surface area (Å²) in [5.74, 6) is -0.252. The molecule has 0 atom stereocenters. The van der Waals surface area contributed by atoms with Crippen LogP contribution in [0, 0.1) is 5.82 Å². The summed E-state index contributed by atoms with van der Waals surface area (Å²) in [7, 11) is 0. The van der Waals surface area contributed by atoms with E-state index in [9.17, 15) is 9.18 Å². The van der Waals surface area contributed by atoms with Crippen molar-refractivity contribution in [1.29, 1.82) is 0 Å². The number of benzene rings is 2. The second kappa shape index (κ2) is 9.02. The molecule has 0 saturated heterocycles. The van der Waals surface area contributed by atoms with Crippen molar-refractivity contribution < 1.29 is 9.18 Å². The first kappa shape index (κ1) is 21.1. The molecule has 3 N–H and O–H groups in total. The van der Waals surface area contributed by atoms with Gasteiger partial charge in [-0.05, 0) is 61.9 Å². The van der Waals surface area contributed by atoms with Crippen LogP contribution in [0.25, 0.3) is 22.2 Å². The molecule has 33 heavy (non-hydrogen) atoms. The Kier molecular flexibility index (Phi) is 5.77. The van der Waals surface area contributed by atoms with E-state index in [1.54, 1.807) is 16.7 Å². The molecule has 0 bridgehead atoms. The van der Waals surface area contributed by atoms with Crippen LogP contribution in [0.15, 0.2) is 60.2 Å². The van der Waals surface area contributed by atoms with Crippen LogP contribution in [-0.2, 0) is 6.54 Å². The van der Waals surface area contributed by atoms with Gasteiger partial charge in [0.1, 0.15) is 22.7 Å². The van der Waals surface area contributed by atoms with Gasteiger partial charge in [-0.25, -0.2) is 14.4 Å². The van der Waals surface area contributed by atoms with Crippen molar-refractivity contribution >= 4 is 33.9 Å². The number of aromatic nitrogens is 3. The van der Waals surface area contributed by atoms with Gasteiger partial charge in [-0.15, -0.1) is 0 Å². The number of anilines is 1. The fourth-order valence-electron chi connectivity index (χ4n) is 4.43. The van der Waals surface area contributed by atoms with Gasteiger partial charge in [0.25, 0.3) is 5.91 Å². The number of para-hydroxylation sites is 2. The number of allylic oxidation sites excluding steroid dienone is 1. The van der Waals surface area contributed by atoms with E-state index >= 15 is 0 Å². The minimum Gasteiger partial charge on any atom is -0.384 e. The highest BCUT2D eigenvalue weighted by Gasteiger charge is 2.24. The Balaban J connectivity index is 1.51. The Morgan fingerprint density at radius 2 is 1.82 bits per heavy atom. The molecular formula is C26H26FN5O. The van der Waals surface area contributed by atoms with E-state index in [0.717, 1.165) is 30.3 Å². The van der Waals surface area contributed by atoms with Crippen LogP contribution in [0.1, 0.15) is 48.0 Å². The zero-order valence-electron chi connectivity index (χ0n) is 18.4. The van der Waals surface area contributed by atoms with E-state index in [1.807, 2.05) is 24.3 Å². The lowest BCUT2D eigenvalue weighted by Crippen LogP contribution is -2.26. The standard InChI is InChI=1S/C26H26FN5O/c27-19-12-10-18(11-13-19)16-32-24(28)22(26(33)29-15-14-17-6-2-1-3-7-17)23-25(32)31-21-9-5-4-8-20(21)30-23/h4-6,8-13H,1-3,7,14-16,28H2,(H,29,33). The molecule has 0 radical (unpaired) electrons. The maximum Gasteiger partial charge on any atom is 0.257 e. The number of nitrogens with one attached hydrogen (secondary N) is 1. The van der Waals surface area contributed by atoms with Crippen LogP contribution < -0.4 is 11.1 Å². The van der Waals surface area contributed by atoms with Gasteiger partial charge >= 0.3 is 0 Å². The average molecular weight is 444 g/mol. The van der Waals surface area contributed by atoms with E-state index in [4.69, 9.17) is 15.7 Å². The van der Waals surface area contributed by atoms with Crippen molar-refractivity contribution in [1.82, 2.24) is 19.9 Å². The maximum atomic E-state index is 13.4. The molecule has 0 spiro atoms. The van der Waals surface area contributed by atoms with Crippen molar-refractivity contribution in [2.24, 2.45) is 0 Å². The second-order valence-electron chi connectivity index (χ2n) is 8.47. The van der Waals surface area contributed by atoms with E-state index in [1.165, 1.54) is 30.5 Å². The Bertz CT molecular complexity index is 1360. The largest absolute Gasteiger partial charge is 0.384 e. The Labute approximate surface area is 191 Å². The quantitative estimate of drug-likeness (QED) is 0.412. The molecule has 2 aromatic heterocycles. The smallest absolute Gasteiger partial charge is 0.257 e. The number of amides is 1. The number of nitrogens with two attached hydrogens (primary N) is 1. The molecule has 0 fully saturated rings. The molecule has 2 heterocycles. The summed E-state index contributed by atoms with van der Waals surface area (Å²) in [5, 5.41) is 3.02. The van der Waals surface area contributed by atoms with Crippen molar-refractivity contribution in [3.8, 4) is 0 Å². The molecule has 7 heteroatoms. The van der Waals surface area contributed by atoms with E-state index in [2.05, 4.69) is 11.4 Å². The van der Waals surface area contributed by atoms with Crippen LogP contribution in [-0.4, -0.2) is 27.0 Å². The van der Waals surface area contributed by atoms with Crippen LogP contribution in [0.4, 0.5) is 10.2 Å². The number of nitrogens with zero attached hydrogens (tertiary/aromatic N) is 3. The summed E-state index contributed by atoms with van der Waals surface area (Å²) in [6.45, 7) is 0.908. The second-order valence-corrected chi connectivity index (χ2v) is 8.47. The summed E-state index contributed by atoms with van der Waals surface area (Å²) >= 11 is 0. The lowest BCUT2D eigenvalue weighted by atomic mass is 9.97. The minimum absolute atomic E-state index is 0.253. The molecule has 2 aromatic carbocycles. The Morgan fingerprint density at radius 3 is 2.55 bits per heavy atom. The lowest BCUT2D eigenvalue weighted by molar-refractivity contribution is 0.0956. The van der Waals surface area contributed by atoms with Crippen LogP contribution in [0.3, 0.4) is 0 Å². The van der Waals surface area contributed by atoms with E-state index in [-0.39, 0.29) is 11.7 Å². The molecule has 5 rings (SSSR count). The first-order valence-electron chi connectivity index (χ1n) is 11.3. The van der Waals surface area contributed by atoms with Crippen LogP contribution in [0.5, 0.6) is 0 Å². The number of rotatable bonds is 6. The Hall–Kier alpha value is -3.74. The van der Waals surface area contributed by atoms with E-state index < -0.39 is 0 Å². The topological polar surface area (TPSA) is 85.8 Å². The maximum absolute atomic E-state index is 13.4. The molecule has 0 aliphatic heterocycles. The highest BCUT2D eigenvalue weighted by atomic mass is 19.1. The highest BCUT2D eigenvalue weighted by molar-refractivity contribution is 6.10. The molecule has 0 unspecified atom stereocenters.